The van der Waals surface area contributed by atoms with Gasteiger partial charge in [0, 0.05) is 6.54 Å². The third-order valence-electron chi connectivity index (χ3n) is 4.08. The summed E-state index contributed by atoms with van der Waals surface area (Å²) >= 11 is 11.8. The molecular formula is C20H24Cl2N2O4S. The second-order valence-electron chi connectivity index (χ2n) is 6.40. The lowest BCUT2D eigenvalue weighted by Crippen LogP contribution is -2.40. The van der Waals surface area contributed by atoms with Crippen LogP contribution in [0.4, 0.5) is 5.69 Å². The van der Waals surface area contributed by atoms with Gasteiger partial charge >= 0.3 is 0 Å². The summed E-state index contributed by atoms with van der Waals surface area (Å²) in [6.45, 7) is 2.66. The van der Waals surface area contributed by atoms with E-state index in [2.05, 4.69) is 5.32 Å². The average Bonchev–Trinajstić information content (AvgIpc) is 2.66. The quantitative estimate of drug-likeness (QED) is 0.547. The second-order valence-corrected chi connectivity index (χ2v) is 9.12. The number of benzene rings is 2. The van der Waals surface area contributed by atoms with E-state index >= 15 is 0 Å². The molecule has 0 aliphatic carbocycles. The van der Waals surface area contributed by atoms with Gasteiger partial charge in [0.2, 0.25) is 15.9 Å². The smallest absolute Gasteiger partial charge is 0.240 e. The number of carbonyl (C=O) groups is 1. The van der Waals surface area contributed by atoms with Gasteiger partial charge in [-0.05, 0) is 55.7 Å². The SMILES string of the molecule is CCOc1ccc(CCCNC(=O)CN(c2ccc(Cl)c(Cl)c2)S(C)(=O)=O)cc1. The Balaban J connectivity index is 1.87. The van der Waals surface area contributed by atoms with Crippen LogP contribution in [-0.2, 0) is 21.2 Å². The fourth-order valence-corrected chi connectivity index (χ4v) is 3.81. The molecule has 0 spiro atoms. The van der Waals surface area contributed by atoms with Gasteiger partial charge in [-0.15, -0.1) is 0 Å². The number of nitrogens with one attached hydrogen (secondary N) is 1. The lowest BCUT2D eigenvalue weighted by Gasteiger charge is -2.22. The molecule has 0 bridgehead atoms. The molecule has 0 aliphatic rings. The Morgan fingerprint density at radius 3 is 2.38 bits per heavy atom. The third-order valence-corrected chi connectivity index (χ3v) is 5.96. The molecule has 2 aromatic rings. The maximum absolute atomic E-state index is 12.3. The maximum atomic E-state index is 12.3. The van der Waals surface area contributed by atoms with Gasteiger partial charge in [-0.25, -0.2) is 8.42 Å². The number of anilines is 1. The van der Waals surface area contributed by atoms with Gasteiger partial charge in [0.05, 0.1) is 28.6 Å². The van der Waals surface area contributed by atoms with Gasteiger partial charge in [-0.2, -0.15) is 0 Å². The highest BCUT2D eigenvalue weighted by Crippen LogP contribution is 2.28. The Morgan fingerprint density at radius 1 is 1.10 bits per heavy atom. The molecule has 1 N–H and O–H groups in total. The van der Waals surface area contributed by atoms with Crippen LogP contribution in [0, 0.1) is 0 Å². The highest BCUT2D eigenvalue weighted by Gasteiger charge is 2.21. The van der Waals surface area contributed by atoms with Crippen molar-refractivity contribution in [3.8, 4) is 5.75 Å². The summed E-state index contributed by atoms with van der Waals surface area (Å²) in [6, 6.07) is 12.2. The van der Waals surface area contributed by atoms with Crippen LogP contribution in [0.1, 0.15) is 18.9 Å². The van der Waals surface area contributed by atoms with Crippen molar-refractivity contribution in [3.05, 3.63) is 58.1 Å². The van der Waals surface area contributed by atoms with Gasteiger partial charge in [-0.3, -0.25) is 9.10 Å². The van der Waals surface area contributed by atoms with Crippen LogP contribution in [0.5, 0.6) is 5.75 Å². The molecule has 0 radical (unpaired) electrons. The Labute approximate surface area is 181 Å². The van der Waals surface area contributed by atoms with Crippen LogP contribution in [0.25, 0.3) is 0 Å². The number of halogens is 2. The zero-order valence-corrected chi connectivity index (χ0v) is 18.6. The summed E-state index contributed by atoms with van der Waals surface area (Å²) in [4.78, 5) is 12.3. The molecule has 2 aromatic carbocycles. The molecule has 0 aromatic heterocycles. The van der Waals surface area contributed by atoms with Crippen LogP contribution >= 0.6 is 23.2 Å². The van der Waals surface area contributed by atoms with E-state index in [0.29, 0.717) is 18.2 Å². The first kappa shape index (κ1) is 23.3. The van der Waals surface area contributed by atoms with Crippen molar-refractivity contribution >= 4 is 44.8 Å². The van der Waals surface area contributed by atoms with Crippen molar-refractivity contribution in [1.82, 2.24) is 5.32 Å². The highest BCUT2D eigenvalue weighted by atomic mass is 35.5. The van der Waals surface area contributed by atoms with Gasteiger partial charge in [0.15, 0.2) is 0 Å². The van der Waals surface area contributed by atoms with E-state index in [1.54, 1.807) is 0 Å². The molecule has 0 saturated carbocycles. The summed E-state index contributed by atoms with van der Waals surface area (Å²) in [6.07, 6.45) is 2.55. The van der Waals surface area contributed by atoms with E-state index in [4.69, 9.17) is 27.9 Å². The first-order chi connectivity index (χ1) is 13.7. The molecule has 1 amide bonds. The Bertz CT molecular complexity index is 934. The third kappa shape index (κ3) is 7.42. The fraction of sp³-hybridized carbons (Fsp3) is 0.350. The van der Waals surface area contributed by atoms with E-state index in [1.165, 1.54) is 18.2 Å². The van der Waals surface area contributed by atoms with E-state index in [1.807, 2.05) is 31.2 Å². The van der Waals surface area contributed by atoms with Crippen molar-refractivity contribution in [1.29, 1.82) is 0 Å². The predicted molar refractivity (Wildman–Crippen MR) is 118 cm³/mol. The maximum Gasteiger partial charge on any atom is 0.240 e. The van der Waals surface area contributed by atoms with Crippen LogP contribution in [0.3, 0.4) is 0 Å². The number of carbonyl (C=O) groups excluding carboxylic acids is 1. The molecule has 0 saturated heterocycles. The Hall–Kier alpha value is -1.96. The lowest BCUT2D eigenvalue weighted by molar-refractivity contribution is -0.119. The molecule has 9 heteroatoms. The zero-order valence-electron chi connectivity index (χ0n) is 16.3. The van der Waals surface area contributed by atoms with E-state index in [0.717, 1.165) is 34.7 Å². The highest BCUT2D eigenvalue weighted by molar-refractivity contribution is 7.92. The minimum atomic E-state index is -3.67. The van der Waals surface area contributed by atoms with Crippen molar-refractivity contribution in [3.63, 3.8) is 0 Å². The van der Waals surface area contributed by atoms with E-state index in [9.17, 15) is 13.2 Å². The number of aryl methyl sites for hydroxylation is 1. The molecule has 2 rings (SSSR count). The summed E-state index contributed by atoms with van der Waals surface area (Å²) in [5.41, 5.74) is 1.42. The van der Waals surface area contributed by atoms with Crippen molar-refractivity contribution in [2.45, 2.75) is 19.8 Å². The standard InChI is InChI=1S/C20H24Cl2N2O4S/c1-3-28-17-9-6-15(7-10-17)5-4-12-23-20(25)14-24(29(2,26)27)16-8-11-18(21)19(22)13-16/h6-11,13H,3-5,12,14H2,1-2H3,(H,23,25). The van der Waals surface area contributed by atoms with Crippen molar-refractivity contribution in [2.24, 2.45) is 0 Å². The summed E-state index contributed by atoms with van der Waals surface area (Å²) in [5.74, 6) is 0.431. The molecule has 6 nitrogen and oxygen atoms in total. The predicted octanol–water partition coefficient (Wildman–Crippen LogP) is 3.91. The number of amides is 1. The Kier molecular flexibility index (Phi) is 8.61. The second kappa shape index (κ2) is 10.7. The van der Waals surface area contributed by atoms with Crippen LogP contribution in [-0.4, -0.2) is 40.3 Å². The minimum Gasteiger partial charge on any atom is -0.494 e. The topological polar surface area (TPSA) is 75.7 Å². The monoisotopic (exact) mass is 458 g/mol. The van der Waals surface area contributed by atoms with Crippen LogP contribution in [0.2, 0.25) is 10.0 Å². The van der Waals surface area contributed by atoms with Crippen molar-refractivity contribution < 1.29 is 17.9 Å². The van der Waals surface area contributed by atoms with Crippen LogP contribution < -0.4 is 14.4 Å². The first-order valence-electron chi connectivity index (χ1n) is 9.12. The number of ether oxygens (including phenoxy) is 1. The van der Waals surface area contributed by atoms with Crippen LogP contribution in [0.15, 0.2) is 42.5 Å². The molecule has 0 heterocycles. The number of sulfonamides is 1. The molecular weight excluding hydrogens is 435 g/mol. The molecule has 29 heavy (non-hydrogen) atoms. The molecule has 158 valence electrons. The van der Waals surface area contributed by atoms with Gasteiger partial charge < -0.3 is 10.1 Å². The number of hydrogen-bond donors (Lipinski definition) is 1. The molecule has 0 atom stereocenters. The molecule has 0 fully saturated rings. The van der Waals surface area contributed by atoms with Gasteiger partial charge in [0.25, 0.3) is 0 Å². The number of hydrogen-bond acceptors (Lipinski definition) is 4. The van der Waals surface area contributed by atoms with E-state index < -0.39 is 15.9 Å². The largest absolute Gasteiger partial charge is 0.494 e. The summed E-state index contributed by atoms with van der Waals surface area (Å²) in [7, 11) is -3.67. The fourth-order valence-electron chi connectivity index (χ4n) is 2.67. The Morgan fingerprint density at radius 2 is 1.79 bits per heavy atom. The van der Waals surface area contributed by atoms with Gasteiger partial charge in [0.1, 0.15) is 12.3 Å². The summed E-state index contributed by atoms with van der Waals surface area (Å²) in [5, 5.41) is 3.28. The van der Waals surface area contributed by atoms with E-state index in [-0.39, 0.29) is 17.3 Å². The molecule has 0 unspecified atom stereocenters. The normalized spacial score (nSPS) is 11.2. The number of rotatable bonds is 10. The first-order valence-corrected chi connectivity index (χ1v) is 11.7. The van der Waals surface area contributed by atoms with Crippen molar-refractivity contribution in [2.75, 3.05) is 30.3 Å². The van der Waals surface area contributed by atoms with Gasteiger partial charge in [-0.1, -0.05) is 35.3 Å². The zero-order chi connectivity index (χ0) is 21.4. The number of nitrogens with zero attached hydrogens (tertiary/aromatic N) is 1. The lowest BCUT2D eigenvalue weighted by atomic mass is 10.1. The average molecular weight is 459 g/mol. The minimum absolute atomic E-state index is 0.216. The summed E-state index contributed by atoms with van der Waals surface area (Å²) < 4.78 is 30.6. The molecule has 0 aliphatic heterocycles.